The van der Waals surface area contributed by atoms with Gasteiger partial charge in [-0.2, -0.15) is 0 Å². The molecule has 0 spiro atoms. The van der Waals surface area contributed by atoms with E-state index in [2.05, 4.69) is 4.98 Å². The van der Waals surface area contributed by atoms with Crippen LogP contribution in [0, 0.1) is 0 Å². The fraction of sp³-hybridized carbons (Fsp3) is 0.364. The first-order valence-electron chi connectivity index (χ1n) is 9.67. The summed E-state index contributed by atoms with van der Waals surface area (Å²) in [5.41, 5.74) is 2.48. The summed E-state index contributed by atoms with van der Waals surface area (Å²) >= 11 is 1.57. The zero-order valence-corrected chi connectivity index (χ0v) is 17.7. The molecule has 2 heterocycles. The summed E-state index contributed by atoms with van der Waals surface area (Å²) in [4.78, 5) is 8.97. The molecule has 1 aromatic carbocycles. The summed E-state index contributed by atoms with van der Waals surface area (Å²) in [6.07, 6.45) is 2.12. The van der Waals surface area contributed by atoms with Crippen LogP contribution in [-0.2, 0) is 6.42 Å². The lowest BCUT2D eigenvalue weighted by molar-refractivity contribution is 0.158. The highest BCUT2D eigenvalue weighted by molar-refractivity contribution is 7.13. The third-order valence-corrected chi connectivity index (χ3v) is 5.29. The van der Waals surface area contributed by atoms with Gasteiger partial charge in [-0.25, -0.2) is 4.98 Å². The number of hydrogen-bond donors (Lipinski definition) is 1. The highest BCUT2D eigenvalue weighted by atomic mass is 32.1. The zero-order chi connectivity index (χ0) is 20.6. The van der Waals surface area contributed by atoms with E-state index in [1.54, 1.807) is 36.8 Å². The van der Waals surface area contributed by atoms with Crippen LogP contribution in [0.2, 0.25) is 0 Å². The number of aliphatic hydroxyl groups is 1. The number of aryl methyl sites for hydroxylation is 1. The van der Waals surface area contributed by atoms with E-state index < -0.39 is 6.10 Å². The van der Waals surface area contributed by atoms with Gasteiger partial charge in [-0.05, 0) is 57.0 Å². The lowest BCUT2D eigenvalue weighted by atomic mass is 10.1. The Morgan fingerprint density at radius 2 is 1.86 bits per heavy atom. The highest BCUT2D eigenvalue weighted by Crippen LogP contribution is 2.34. The molecule has 154 valence electrons. The maximum Gasteiger partial charge on any atom is 0.161 e. The molecule has 0 bridgehead atoms. The molecule has 1 atom stereocenters. The fourth-order valence-corrected chi connectivity index (χ4v) is 3.84. The zero-order valence-electron chi connectivity index (χ0n) is 16.9. The van der Waals surface area contributed by atoms with E-state index >= 15 is 0 Å². The largest absolute Gasteiger partial charge is 0.495 e. The quantitative estimate of drug-likeness (QED) is 0.519. The summed E-state index contributed by atoms with van der Waals surface area (Å²) < 4.78 is 16.6. The van der Waals surface area contributed by atoms with Crippen molar-refractivity contribution in [3.05, 3.63) is 53.3 Å². The third kappa shape index (κ3) is 5.25. The van der Waals surface area contributed by atoms with Crippen LogP contribution in [0.15, 0.2) is 41.9 Å². The van der Waals surface area contributed by atoms with Crippen molar-refractivity contribution in [2.24, 2.45) is 0 Å². The Balaban J connectivity index is 1.70. The van der Waals surface area contributed by atoms with E-state index in [0.29, 0.717) is 37.5 Å². The predicted molar refractivity (Wildman–Crippen MR) is 114 cm³/mol. The molecule has 0 aliphatic carbocycles. The maximum atomic E-state index is 10.5. The standard InChI is InChI=1S/C22H26N2O4S/c1-4-27-18-11-8-15(13-20(18)28-5-2)22-24-16(14-29-22)9-10-17(25)21-19(26-3)7-6-12-23-21/h6-8,11-14,17,25H,4-5,9-10H2,1-3H3. The van der Waals surface area contributed by atoms with Crippen molar-refractivity contribution in [2.45, 2.75) is 32.8 Å². The van der Waals surface area contributed by atoms with Gasteiger partial charge in [0.25, 0.3) is 0 Å². The number of pyridine rings is 1. The molecular weight excluding hydrogens is 388 g/mol. The number of nitrogens with zero attached hydrogens (tertiary/aromatic N) is 2. The smallest absolute Gasteiger partial charge is 0.161 e. The minimum absolute atomic E-state index is 0.518. The molecule has 3 rings (SSSR count). The topological polar surface area (TPSA) is 73.7 Å². The Bertz CT molecular complexity index is 929. The van der Waals surface area contributed by atoms with Gasteiger partial charge in [-0.3, -0.25) is 4.98 Å². The average Bonchev–Trinajstić information content (AvgIpc) is 3.22. The Morgan fingerprint density at radius 3 is 2.62 bits per heavy atom. The van der Waals surface area contributed by atoms with E-state index in [4.69, 9.17) is 19.2 Å². The molecule has 3 aromatic rings. The highest BCUT2D eigenvalue weighted by Gasteiger charge is 2.16. The number of aromatic nitrogens is 2. The van der Waals surface area contributed by atoms with Crippen LogP contribution >= 0.6 is 11.3 Å². The van der Waals surface area contributed by atoms with Gasteiger partial charge >= 0.3 is 0 Å². The number of benzene rings is 1. The van der Waals surface area contributed by atoms with Crippen molar-refractivity contribution < 1.29 is 19.3 Å². The third-order valence-electron chi connectivity index (χ3n) is 4.35. The minimum Gasteiger partial charge on any atom is -0.495 e. The van der Waals surface area contributed by atoms with Crippen LogP contribution in [0.3, 0.4) is 0 Å². The molecule has 1 unspecified atom stereocenters. The Morgan fingerprint density at radius 1 is 1.07 bits per heavy atom. The summed E-state index contributed by atoms with van der Waals surface area (Å²) in [7, 11) is 1.58. The first-order chi connectivity index (χ1) is 14.2. The molecule has 1 N–H and O–H groups in total. The van der Waals surface area contributed by atoms with Crippen molar-refractivity contribution in [3.63, 3.8) is 0 Å². The molecule has 0 amide bonds. The average molecular weight is 415 g/mol. The first kappa shape index (κ1) is 21.1. The molecule has 7 heteroatoms. The van der Waals surface area contributed by atoms with Crippen LogP contribution in [0.25, 0.3) is 10.6 Å². The minimum atomic E-state index is -0.702. The molecule has 6 nitrogen and oxygen atoms in total. The van der Waals surface area contributed by atoms with Crippen molar-refractivity contribution in [1.82, 2.24) is 9.97 Å². The molecule has 0 aliphatic rings. The fourth-order valence-electron chi connectivity index (χ4n) is 2.99. The molecule has 0 radical (unpaired) electrons. The van der Waals surface area contributed by atoms with Gasteiger partial charge in [0.05, 0.1) is 26.0 Å². The molecular formula is C22H26N2O4S. The molecule has 0 saturated carbocycles. The van der Waals surface area contributed by atoms with Gasteiger partial charge in [0.2, 0.25) is 0 Å². The normalized spacial score (nSPS) is 11.9. The first-order valence-corrected chi connectivity index (χ1v) is 10.6. The lowest BCUT2D eigenvalue weighted by Crippen LogP contribution is -2.04. The summed E-state index contributed by atoms with van der Waals surface area (Å²) in [6.45, 7) is 5.06. The van der Waals surface area contributed by atoms with Gasteiger partial charge in [0.1, 0.15) is 22.6 Å². The SMILES string of the molecule is CCOc1ccc(-c2nc(CCC(O)c3ncccc3OC)cs2)cc1OCC. The summed E-state index contributed by atoms with van der Waals surface area (Å²) in [5.74, 6) is 2.06. The number of aliphatic hydroxyl groups excluding tert-OH is 1. The van der Waals surface area contributed by atoms with E-state index in [1.807, 2.05) is 37.4 Å². The second kappa shape index (κ2) is 10.2. The second-order valence-electron chi connectivity index (χ2n) is 6.32. The van der Waals surface area contributed by atoms with Crippen molar-refractivity contribution in [2.75, 3.05) is 20.3 Å². The van der Waals surface area contributed by atoms with E-state index in [0.717, 1.165) is 27.8 Å². The Hall–Kier alpha value is -2.64. The van der Waals surface area contributed by atoms with Gasteiger partial charge in [0, 0.05) is 17.1 Å². The Kier molecular flexibility index (Phi) is 7.43. The number of rotatable bonds is 10. The summed E-state index contributed by atoms with van der Waals surface area (Å²) in [5, 5.41) is 13.4. The number of methoxy groups -OCH3 is 1. The van der Waals surface area contributed by atoms with E-state index in [-0.39, 0.29) is 0 Å². The second-order valence-corrected chi connectivity index (χ2v) is 7.18. The van der Waals surface area contributed by atoms with Gasteiger partial charge in [-0.15, -0.1) is 11.3 Å². The molecule has 0 aliphatic heterocycles. The molecule has 0 saturated heterocycles. The number of thiazole rings is 1. The Labute approximate surface area is 175 Å². The molecule has 29 heavy (non-hydrogen) atoms. The van der Waals surface area contributed by atoms with E-state index in [9.17, 15) is 5.11 Å². The maximum absolute atomic E-state index is 10.5. The number of hydrogen-bond acceptors (Lipinski definition) is 7. The molecule has 0 fully saturated rings. The van der Waals surface area contributed by atoms with Crippen LogP contribution < -0.4 is 14.2 Å². The van der Waals surface area contributed by atoms with Crippen molar-refractivity contribution in [1.29, 1.82) is 0 Å². The number of ether oxygens (including phenoxy) is 3. The van der Waals surface area contributed by atoms with Crippen molar-refractivity contribution >= 4 is 11.3 Å². The van der Waals surface area contributed by atoms with Gasteiger partial charge in [-0.1, -0.05) is 0 Å². The molecule has 2 aromatic heterocycles. The summed E-state index contributed by atoms with van der Waals surface area (Å²) in [6, 6.07) is 9.46. The van der Waals surface area contributed by atoms with Crippen molar-refractivity contribution in [3.8, 4) is 27.8 Å². The predicted octanol–water partition coefficient (Wildman–Crippen LogP) is 4.68. The monoisotopic (exact) mass is 414 g/mol. The van der Waals surface area contributed by atoms with Gasteiger partial charge < -0.3 is 19.3 Å². The van der Waals surface area contributed by atoms with E-state index in [1.165, 1.54) is 0 Å². The van der Waals surface area contributed by atoms with Crippen LogP contribution in [-0.4, -0.2) is 35.4 Å². The van der Waals surface area contributed by atoms with Crippen LogP contribution in [0.5, 0.6) is 17.2 Å². The van der Waals surface area contributed by atoms with Crippen LogP contribution in [0.4, 0.5) is 0 Å². The van der Waals surface area contributed by atoms with Gasteiger partial charge in [0.15, 0.2) is 11.5 Å². The van der Waals surface area contributed by atoms with Crippen LogP contribution in [0.1, 0.15) is 37.8 Å². The lowest BCUT2D eigenvalue weighted by Gasteiger charge is -2.12.